The molecule has 0 bridgehead atoms. The highest BCUT2D eigenvalue weighted by Crippen LogP contribution is 2.29. The lowest BCUT2D eigenvalue weighted by Gasteiger charge is -2.38. The molecule has 0 radical (unpaired) electrons. The number of likely N-dealkylation sites (tertiary alicyclic amines) is 1. The van der Waals surface area contributed by atoms with E-state index in [0.717, 1.165) is 37.4 Å². The van der Waals surface area contributed by atoms with Gasteiger partial charge in [-0.25, -0.2) is 0 Å². The van der Waals surface area contributed by atoms with Gasteiger partial charge in [0.05, 0.1) is 5.92 Å². The van der Waals surface area contributed by atoms with E-state index in [9.17, 15) is 9.59 Å². The first-order valence-electron chi connectivity index (χ1n) is 10.8. The van der Waals surface area contributed by atoms with Crippen LogP contribution in [0, 0.1) is 18.3 Å². The molecular formula is C24H27N5O2. The van der Waals surface area contributed by atoms with Crippen LogP contribution in [-0.4, -0.2) is 53.1 Å². The van der Waals surface area contributed by atoms with E-state index in [0.29, 0.717) is 31.8 Å². The third-order valence-electron chi connectivity index (χ3n) is 6.12. The van der Waals surface area contributed by atoms with Gasteiger partial charge in [0, 0.05) is 50.9 Å². The Bertz CT molecular complexity index is 940. The maximum Gasteiger partial charge on any atom is 0.231 e. The van der Waals surface area contributed by atoms with Crippen molar-refractivity contribution in [3.63, 3.8) is 0 Å². The van der Waals surface area contributed by atoms with Gasteiger partial charge < -0.3 is 15.1 Å². The molecule has 0 saturated carbocycles. The van der Waals surface area contributed by atoms with Crippen LogP contribution in [0.25, 0.3) is 0 Å². The number of nitrogens with zero attached hydrogens (tertiary/aromatic N) is 4. The number of carbonyl (C=O) groups excluding carboxylic acids is 2. The second-order valence-corrected chi connectivity index (χ2v) is 8.15. The molecule has 160 valence electrons. The van der Waals surface area contributed by atoms with E-state index in [2.05, 4.69) is 33.6 Å². The Morgan fingerprint density at radius 3 is 2.52 bits per heavy atom. The lowest BCUT2D eigenvalue weighted by molar-refractivity contribution is -0.132. The number of nitrogens with one attached hydrogen (secondary N) is 1. The maximum absolute atomic E-state index is 12.5. The molecular weight excluding hydrogens is 390 g/mol. The van der Waals surface area contributed by atoms with E-state index < -0.39 is 0 Å². The van der Waals surface area contributed by atoms with E-state index in [-0.39, 0.29) is 17.7 Å². The lowest BCUT2D eigenvalue weighted by atomic mass is 9.89. The highest BCUT2D eigenvalue weighted by atomic mass is 16.2. The van der Waals surface area contributed by atoms with Gasteiger partial charge in [-0.05, 0) is 48.6 Å². The molecule has 2 aliphatic rings. The zero-order chi connectivity index (χ0) is 21.6. The molecule has 1 aromatic carbocycles. The Morgan fingerprint density at radius 2 is 1.87 bits per heavy atom. The average molecular weight is 418 g/mol. The van der Waals surface area contributed by atoms with Crippen LogP contribution in [0.1, 0.15) is 37.2 Å². The summed E-state index contributed by atoms with van der Waals surface area (Å²) in [5.41, 5.74) is 2.07. The molecule has 7 heteroatoms. The predicted octanol–water partition coefficient (Wildman–Crippen LogP) is 2.67. The SMILES string of the molecule is C#CCCC(=O)N1CCC(c2ccc(NC(=O)C3CN(c4cccnn4)C3)cc2)CC1. The number of anilines is 2. The smallest absolute Gasteiger partial charge is 0.231 e. The van der Waals surface area contributed by atoms with Crippen LogP contribution in [0.5, 0.6) is 0 Å². The number of rotatable bonds is 6. The van der Waals surface area contributed by atoms with Crippen molar-refractivity contribution in [1.29, 1.82) is 0 Å². The summed E-state index contributed by atoms with van der Waals surface area (Å²) in [5.74, 6) is 3.92. The molecule has 7 nitrogen and oxygen atoms in total. The first-order chi connectivity index (χ1) is 15.1. The summed E-state index contributed by atoms with van der Waals surface area (Å²) < 4.78 is 0. The third kappa shape index (κ3) is 5.02. The van der Waals surface area contributed by atoms with E-state index in [1.54, 1.807) is 6.20 Å². The summed E-state index contributed by atoms with van der Waals surface area (Å²) >= 11 is 0. The first-order valence-corrected chi connectivity index (χ1v) is 10.8. The first kappa shape index (κ1) is 20.9. The minimum Gasteiger partial charge on any atom is -0.353 e. The van der Waals surface area contributed by atoms with Crippen LogP contribution in [0.15, 0.2) is 42.6 Å². The van der Waals surface area contributed by atoms with Crippen LogP contribution in [0.3, 0.4) is 0 Å². The van der Waals surface area contributed by atoms with Gasteiger partial charge in [-0.15, -0.1) is 17.4 Å². The summed E-state index contributed by atoms with van der Waals surface area (Å²) in [7, 11) is 0. The Morgan fingerprint density at radius 1 is 1.13 bits per heavy atom. The fraction of sp³-hybridized carbons (Fsp3) is 0.417. The average Bonchev–Trinajstić information content (AvgIpc) is 2.78. The zero-order valence-corrected chi connectivity index (χ0v) is 17.5. The van der Waals surface area contributed by atoms with Crippen molar-refractivity contribution in [2.45, 2.75) is 31.6 Å². The van der Waals surface area contributed by atoms with E-state index >= 15 is 0 Å². The molecule has 1 N–H and O–H groups in total. The zero-order valence-electron chi connectivity index (χ0n) is 17.5. The number of hydrogen-bond donors (Lipinski definition) is 1. The third-order valence-corrected chi connectivity index (χ3v) is 6.12. The van der Waals surface area contributed by atoms with Crippen molar-refractivity contribution in [1.82, 2.24) is 15.1 Å². The van der Waals surface area contributed by atoms with Crippen molar-refractivity contribution in [2.24, 2.45) is 5.92 Å². The molecule has 0 atom stereocenters. The molecule has 2 aromatic rings. The Hall–Kier alpha value is -3.40. The Labute approximate surface area is 182 Å². The normalized spacial score (nSPS) is 17.0. The second-order valence-electron chi connectivity index (χ2n) is 8.15. The number of piperidine rings is 1. The number of carbonyl (C=O) groups is 2. The summed E-state index contributed by atoms with van der Waals surface area (Å²) in [5, 5.41) is 11.0. The highest BCUT2D eigenvalue weighted by molar-refractivity contribution is 5.94. The monoisotopic (exact) mass is 417 g/mol. The molecule has 2 fully saturated rings. The van der Waals surface area contributed by atoms with Gasteiger partial charge in [-0.1, -0.05) is 12.1 Å². The molecule has 0 aliphatic carbocycles. The van der Waals surface area contributed by atoms with Crippen molar-refractivity contribution < 1.29 is 9.59 Å². The maximum atomic E-state index is 12.5. The van der Waals surface area contributed by atoms with Gasteiger partial charge >= 0.3 is 0 Å². The van der Waals surface area contributed by atoms with Gasteiger partial charge in [-0.2, -0.15) is 5.10 Å². The van der Waals surface area contributed by atoms with E-state index in [4.69, 9.17) is 6.42 Å². The summed E-state index contributed by atoms with van der Waals surface area (Å²) in [6.45, 7) is 2.86. The second kappa shape index (κ2) is 9.61. The largest absolute Gasteiger partial charge is 0.353 e. The topological polar surface area (TPSA) is 78.4 Å². The van der Waals surface area contributed by atoms with Crippen LogP contribution in [0.4, 0.5) is 11.5 Å². The highest BCUT2D eigenvalue weighted by Gasteiger charge is 2.33. The number of terminal acetylenes is 1. The van der Waals surface area contributed by atoms with Crippen LogP contribution < -0.4 is 10.2 Å². The molecule has 0 unspecified atom stereocenters. The van der Waals surface area contributed by atoms with Gasteiger partial charge in [0.1, 0.15) is 0 Å². The molecule has 2 amide bonds. The van der Waals surface area contributed by atoms with Crippen LogP contribution in [0.2, 0.25) is 0 Å². The summed E-state index contributed by atoms with van der Waals surface area (Å²) in [6.07, 6.45) is 9.74. The van der Waals surface area contributed by atoms with Gasteiger partial charge in [0.2, 0.25) is 11.8 Å². The molecule has 31 heavy (non-hydrogen) atoms. The molecule has 2 saturated heterocycles. The number of hydrogen-bond acceptors (Lipinski definition) is 5. The molecule has 1 aromatic heterocycles. The van der Waals surface area contributed by atoms with Crippen LogP contribution >= 0.6 is 0 Å². The molecule has 0 spiro atoms. The van der Waals surface area contributed by atoms with E-state index in [1.807, 2.05) is 34.1 Å². The number of benzene rings is 1. The molecule has 3 heterocycles. The van der Waals surface area contributed by atoms with Gasteiger partial charge in [0.25, 0.3) is 0 Å². The Kier molecular flexibility index (Phi) is 6.46. The minimum absolute atomic E-state index is 0.0340. The van der Waals surface area contributed by atoms with Crippen LogP contribution in [-0.2, 0) is 9.59 Å². The van der Waals surface area contributed by atoms with Crippen molar-refractivity contribution in [3.8, 4) is 12.3 Å². The standard InChI is InChI=1S/C24H27N5O2/c1-2-3-6-23(30)28-14-11-19(12-15-28)18-7-9-21(10-8-18)26-24(31)20-16-29(17-20)22-5-4-13-25-27-22/h1,4-5,7-10,13,19-20H,3,6,11-12,14-17H2,(H,26,31). The summed E-state index contributed by atoms with van der Waals surface area (Å²) in [4.78, 5) is 28.6. The number of amides is 2. The lowest BCUT2D eigenvalue weighted by Crippen LogP contribution is -2.52. The fourth-order valence-electron chi connectivity index (χ4n) is 4.18. The number of aromatic nitrogens is 2. The van der Waals surface area contributed by atoms with Crippen molar-refractivity contribution in [3.05, 3.63) is 48.2 Å². The fourth-order valence-corrected chi connectivity index (χ4v) is 4.18. The quantitative estimate of drug-likeness (QED) is 0.731. The molecule has 4 rings (SSSR count). The van der Waals surface area contributed by atoms with Crippen molar-refractivity contribution >= 4 is 23.3 Å². The van der Waals surface area contributed by atoms with E-state index in [1.165, 1.54) is 5.56 Å². The molecule has 2 aliphatic heterocycles. The summed E-state index contributed by atoms with van der Waals surface area (Å²) in [6, 6.07) is 11.9. The van der Waals surface area contributed by atoms with Gasteiger partial charge in [-0.3, -0.25) is 9.59 Å². The van der Waals surface area contributed by atoms with Crippen molar-refractivity contribution in [2.75, 3.05) is 36.4 Å². The predicted molar refractivity (Wildman–Crippen MR) is 119 cm³/mol. The minimum atomic E-state index is -0.0435. The van der Waals surface area contributed by atoms with Gasteiger partial charge in [0.15, 0.2) is 5.82 Å². The Balaban J connectivity index is 1.23.